The van der Waals surface area contributed by atoms with Crippen LogP contribution in [0.5, 0.6) is 0 Å². The zero-order valence-electron chi connectivity index (χ0n) is 16.0. The van der Waals surface area contributed by atoms with Crippen LogP contribution in [-0.2, 0) is 11.2 Å². The summed E-state index contributed by atoms with van der Waals surface area (Å²) in [5.41, 5.74) is 4.57. The van der Waals surface area contributed by atoms with Crippen LogP contribution in [0.1, 0.15) is 42.5 Å². The summed E-state index contributed by atoms with van der Waals surface area (Å²) in [6.07, 6.45) is 3.15. The molecule has 0 unspecified atom stereocenters. The zero-order chi connectivity index (χ0) is 19.5. The minimum atomic E-state index is -0.303. The fraction of sp³-hybridized carbons (Fsp3) is 0.333. The molecular weight excluding hydrogens is 370 g/mol. The van der Waals surface area contributed by atoms with E-state index in [4.69, 9.17) is 0 Å². The Hall–Kier alpha value is -2.67. The average molecular weight is 394 g/mol. The second-order valence-electron chi connectivity index (χ2n) is 7.07. The molecule has 0 aliphatic heterocycles. The molecule has 0 saturated carbocycles. The van der Waals surface area contributed by atoms with Crippen molar-refractivity contribution >= 4 is 17.7 Å². The number of para-hydroxylation sites is 1. The molecule has 0 fully saturated rings. The lowest BCUT2D eigenvalue weighted by atomic mass is 9.88. The van der Waals surface area contributed by atoms with E-state index in [1.165, 1.54) is 22.9 Å². The van der Waals surface area contributed by atoms with Crippen LogP contribution in [0.15, 0.2) is 53.7 Å². The summed E-state index contributed by atoms with van der Waals surface area (Å²) in [6.45, 7) is 3.91. The fourth-order valence-corrected chi connectivity index (χ4v) is 4.42. The Balaban J connectivity index is 1.47. The van der Waals surface area contributed by atoms with Gasteiger partial charge in [0.15, 0.2) is 0 Å². The van der Waals surface area contributed by atoms with Gasteiger partial charge in [0, 0.05) is 0 Å². The number of benzene rings is 2. The number of thioether (sulfide) groups is 1. The third-order valence-electron chi connectivity index (χ3n) is 5.12. The summed E-state index contributed by atoms with van der Waals surface area (Å²) in [5.74, 6) is 0.00559. The Labute approximate surface area is 168 Å². The molecule has 1 N–H and O–H groups in total. The largest absolute Gasteiger partial charge is 0.348 e. The molecule has 0 saturated heterocycles. The molecule has 3 aromatic rings. The van der Waals surface area contributed by atoms with E-state index in [-0.39, 0.29) is 17.2 Å². The molecule has 1 aliphatic rings. The minimum absolute atomic E-state index is 0.00559. The number of aromatic nitrogens is 4. The number of aryl methyl sites for hydroxylation is 2. The van der Waals surface area contributed by atoms with Crippen molar-refractivity contribution in [1.82, 2.24) is 25.5 Å². The number of carbonyl (C=O) groups excluding carboxylic acids is 1. The molecule has 28 heavy (non-hydrogen) atoms. The topological polar surface area (TPSA) is 72.7 Å². The Morgan fingerprint density at radius 1 is 1.21 bits per heavy atom. The predicted octanol–water partition coefficient (Wildman–Crippen LogP) is 3.65. The highest BCUT2D eigenvalue weighted by molar-refractivity contribution is 8.00. The number of rotatable bonds is 5. The van der Waals surface area contributed by atoms with Crippen molar-refractivity contribution in [2.24, 2.45) is 0 Å². The molecule has 0 bridgehead atoms. The molecule has 2 atom stereocenters. The van der Waals surface area contributed by atoms with Crippen LogP contribution in [0.3, 0.4) is 0 Å². The molecule has 6 nitrogen and oxygen atoms in total. The van der Waals surface area contributed by atoms with Crippen LogP contribution in [0, 0.1) is 6.92 Å². The monoisotopic (exact) mass is 393 g/mol. The van der Waals surface area contributed by atoms with Gasteiger partial charge in [-0.2, -0.15) is 4.68 Å². The van der Waals surface area contributed by atoms with E-state index in [0.717, 1.165) is 30.5 Å². The fourth-order valence-electron chi connectivity index (χ4n) is 3.61. The van der Waals surface area contributed by atoms with Crippen LogP contribution in [0.2, 0.25) is 0 Å². The number of hydrogen-bond acceptors (Lipinski definition) is 5. The second-order valence-corrected chi connectivity index (χ2v) is 8.38. The van der Waals surface area contributed by atoms with Gasteiger partial charge >= 0.3 is 0 Å². The summed E-state index contributed by atoms with van der Waals surface area (Å²) in [6, 6.07) is 16.4. The Kier molecular flexibility index (Phi) is 5.43. The smallest absolute Gasteiger partial charge is 0.233 e. The number of amides is 1. The van der Waals surface area contributed by atoms with Crippen molar-refractivity contribution in [2.45, 2.75) is 49.6 Å². The lowest BCUT2D eigenvalue weighted by molar-refractivity contribution is -0.121. The number of nitrogens with zero attached hydrogens (tertiary/aromatic N) is 4. The highest BCUT2D eigenvalue weighted by Gasteiger charge is 2.25. The quantitative estimate of drug-likeness (QED) is 0.670. The molecule has 144 valence electrons. The number of tetrazole rings is 1. The third-order valence-corrected chi connectivity index (χ3v) is 6.15. The molecule has 0 radical (unpaired) electrons. The number of fused-ring (bicyclic) bond motifs is 1. The van der Waals surface area contributed by atoms with Crippen LogP contribution in [0.4, 0.5) is 0 Å². The summed E-state index contributed by atoms with van der Waals surface area (Å²) >= 11 is 1.37. The van der Waals surface area contributed by atoms with E-state index in [2.05, 4.69) is 39.0 Å². The molecule has 7 heteroatoms. The van der Waals surface area contributed by atoms with Gasteiger partial charge in [-0.25, -0.2) is 0 Å². The maximum absolute atomic E-state index is 12.9. The van der Waals surface area contributed by atoms with Gasteiger partial charge in [-0.3, -0.25) is 4.79 Å². The van der Waals surface area contributed by atoms with E-state index in [9.17, 15) is 4.79 Å². The maximum Gasteiger partial charge on any atom is 0.233 e. The first-order valence-corrected chi connectivity index (χ1v) is 10.4. The van der Waals surface area contributed by atoms with Crippen molar-refractivity contribution in [1.29, 1.82) is 0 Å². The van der Waals surface area contributed by atoms with Gasteiger partial charge < -0.3 is 5.32 Å². The molecular formula is C21H23N5OS. The molecule has 1 aromatic heterocycles. The van der Waals surface area contributed by atoms with Crippen LogP contribution >= 0.6 is 11.8 Å². The van der Waals surface area contributed by atoms with Crippen molar-refractivity contribution in [3.8, 4) is 5.69 Å². The van der Waals surface area contributed by atoms with Crippen LogP contribution in [0.25, 0.3) is 5.69 Å². The maximum atomic E-state index is 12.9. The zero-order valence-corrected chi connectivity index (χ0v) is 16.8. The molecule has 2 aromatic carbocycles. The molecule has 0 spiro atoms. The van der Waals surface area contributed by atoms with E-state index in [0.29, 0.717) is 5.16 Å². The van der Waals surface area contributed by atoms with Crippen LogP contribution < -0.4 is 5.32 Å². The van der Waals surface area contributed by atoms with Gasteiger partial charge in [0.2, 0.25) is 11.1 Å². The Morgan fingerprint density at radius 3 is 2.86 bits per heavy atom. The summed E-state index contributed by atoms with van der Waals surface area (Å²) in [7, 11) is 0. The van der Waals surface area contributed by atoms with E-state index in [1.54, 1.807) is 4.68 Å². The lowest BCUT2D eigenvalue weighted by Gasteiger charge is -2.27. The third kappa shape index (κ3) is 3.80. The minimum Gasteiger partial charge on any atom is -0.348 e. The molecule has 1 aliphatic carbocycles. The first kappa shape index (κ1) is 18.7. The van der Waals surface area contributed by atoms with Crippen molar-refractivity contribution in [3.63, 3.8) is 0 Å². The summed E-state index contributed by atoms with van der Waals surface area (Å²) in [5, 5.41) is 15.6. The van der Waals surface area contributed by atoms with E-state index < -0.39 is 0 Å². The van der Waals surface area contributed by atoms with Gasteiger partial charge in [0.05, 0.1) is 17.0 Å². The first-order chi connectivity index (χ1) is 13.6. The average Bonchev–Trinajstić information content (AvgIpc) is 3.16. The predicted molar refractivity (Wildman–Crippen MR) is 109 cm³/mol. The Bertz CT molecular complexity index is 986. The van der Waals surface area contributed by atoms with Gasteiger partial charge in [0.25, 0.3) is 0 Å². The standard InChI is InChI=1S/C21H23N5OS/c1-14-8-3-6-13-19(14)26-21(23-24-25-26)28-15(2)20(27)22-18-12-7-10-16-9-4-5-11-17(16)18/h3-6,8-9,11,13,15,18H,7,10,12H2,1-2H3,(H,22,27)/t15-,18-/m1/s1. The summed E-state index contributed by atoms with van der Waals surface area (Å²) < 4.78 is 1.69. The normalized spacial score (nSPS) is 17.0. The lowest BCUT2D eigenvalue weighted by Crippen LogP contribution is -2.36. The van der Waals surface area contributed by atoms with Crippen molar-refractivity contribution in [3.05, 3.63) is 65.2 Å². The molecule has 1 amide bonds. The second kappa shape index (κ2) is 8.14. The van der Waals surface area contributed by atoms with Crippen molar-refractivity contribution < 1.29 is 4.79 Å². The van der Waals surface area contributed by atoms with E-state index in [1.807, 2.05) is 44.2 Å². The Morgan fingerprint density at radius 2 is 2.00 bits per heavy atom. The van der Waals surface area contributed by atoms with Gasteiger partial charge in [-0.15, -0.1) is 5.10 Å². The summed E-state index contributed by atoms with van der Waals surface area (Å²) in [4.78, 5) is 12.9. The van der Waals surface area contributed by atoms with Crippen LogP contribution in [-0.4, -0.2) is 31.4 Å². The highest BCUT2D eigenvalue weighted by atomic mass is 32.2. The van der Waals surface area contributed by atoms with Gasteiger partial charge in [-0.05, 0) is 66.3 Å². The number of nitrogens with one attached hydrogen (secondary N) is 1. The number of carbonyl (C=O) groups is 1. The SMILES string of the molecule is Cc1ccccc1-n1nnnc1S[C@H](C)C(=O)N[C@@H]1CCCc2ccccc21. The highest BCUT2D eigenvalue weighted by Crippen LogP contribution is 2.30. The molecule has 4 rings (SSSR count). The van der Waals surface area contributed by atoms with Gasteiger partial charge in [-0.1, -0.05) is 54.2 Å². The van der Waals surface area contributed by atoms with E-state index >= 15 is 0 Å². The molecule has 1 heterocycles. The first-order valence-electron chi connectivity index (χ1n) is 9.52. The van der Waals surface area contributed by atoms with Crippen molar-refractivity contribution in [2.75, 3.05) is 0 Å². The number of hydrogen-bond donors (Lipinski definition) is 1. The van der Waals surface area contributed by atoms with Gasteiger partial charge in [0.1, 0.15) is 0 Å².